The fraction of sp³-hybridized carbons (Fsp3) is 0.143. The number of oxazole rings is 1. The van der Waals surface area contributed by atoms with Gasteiger partial charge in [-0.2, -0.15) is 0 Å². The molecule has 2 heterocycles. The topological polar surface area (TPSA) is 64.9 Å². The van der Waals surface area contributed by atoms with Crippen LogP contribution in [0.4, 0.5) is 5.69 Å². The van der Waals surface area contributed by atoms with Gasteiger partial charge in [-0.05, 0) is 55.4 Å². The summed E-state index contributed by atoms with van der Waals surface area (Å²) in [6.45, 7) is 4.02. The Morgan fingerprint density at radius 1 is 1.16 bits per heavy atom. The number of hydrogen-bond donors (Lipinski definition) is 1. The quantitative estimate of drug-likeness (QED) is 0.722. The fourth-order valence-corrected chi connectivity index (χ4v) is 2.82. The zero-order chi connectivity index (χ0) is 13.4. The summed E-state index contributed by atoms with van der Waals surface area (Å²) in [6, 6.07) is 9.57. The molecule has 0 saturated heterocycles. The van der Waals surface area contributed by atoms with E-state index in [1.165, 1.54) is 17.3 Å². The van der Waals surface area contributed by atoms with Crippen LogP contribution in [0.25, 0.3) is 11.1 Å². The van der Waals surface area contributed by atoms with Crippen LogP contribution < -0.4 is 5.73 Å². The van der Waals surface area contributed by atoms with E-state index in [-0.39, 0.29) is 0 Å². The molecule has 0 bridgehead atoms. The number of aryl methyl sites for hydroxylation is 2. The molecule has 3 aromatic rings. The summed E-state index contributed by atoms with van der Waals surface area (Å²) < 4.78 is 5.66. The van der Waals surface area contributed by atoms with Crippen LogP contribution in [-0.4, -0.2) is 9.97 Å². The minimum Gasteiger partial charge on any atom is -0.431 e. The Morgan fingerprint density at radius 2 is 2.00 bits per heavy atom. The molecular formula is C14H13N3OS. The van der Waals surface area contributed by atoms with Crippen LogP contribution in [0, 0.1) is 13.8 Å². The largest absolute Gasteiger partial charge is 0.431 e. The lowest BCUT2D eigenvalue weighted by molar-refractivity contribution is 0.489. The maximum atomic E-state index is 5.86. The Hall–Kier alpha value is -2.01. The number of hydrogen-bond acceptors (Lipinski definition) is 5. The van der Waals surface area contributed by atoms with Crippen molar-refractivity contribution in [1.29, 1.82) is 0 Å². The van der Waals surface area contributed by atoms with E-state index >= 15 is 0 Å². The van der Waals surface area contributed by atoms with Crippen LogP contribution in [0.2, 0.25) is 0 Å². The van der Waals surface area contributed by atoms with E-state index in [1.807, 2.05) is 44.2 Å². The number of nitrogens with two attached hydrogens (primary N) is 1. The molecule has 0 atom stereocenters. The van der Waals surface area contributed by atoms with Crippen LogP contribution in [0.5, 0.6) is 0 Å². The van der Waals surface area contributed by atoms with Crippen LogP contribution in [-0.2, 0) is 0 Å². The van der Waals surface area contributed by atoms with Crippen LogP contribution in [0.15, 0.2) is 45.0 Å². The molecule has 0 radical (unpaired) electrons. The summed E-state index contributed by atoms with van der Waals surface area (Å²) >= 11 is 1.41. The van der Waals surface area contributed by atoms with Crippen molar-refractivity contribution in [3.8, 4) is 0 Å². The van der Waals surface area contributed by atoms with Gasteiger partial charge in [0.2, 0.25) is 0 Å². The number of aromatic nitrogens is 2. The molecule has 2 aromatic heterocycles. The van der Waals surface area contributed by atoms with Crippen molar-refractivity contribution < 1.29 is 4.42 Å². The van der Waals surface area contributed by atoms with E-state index in [2.05, 4.69) is 9.97 Å². The maximum Gasteiger partial charge on any atom is 0.263 e. The number of anilines is 1. The third-order valence-corrected chi connectivity index (χ3v) is 3.46. The van der Waals surface area contributed by atoms with E-state index in [0.717, 1.165) is 10.7 Å². The second kappa shape index (κ2) is 4.59. The Kier molecular flexibility index (Phi) is 2.91. The normalized spacial score (nSPS) is 11.1. The van der Waals surface area contributed by atoms with Crippen molar-refractivity contribution in [3.63, 3.8) is 0 Å². The Morgan fingerprint density at radius 3 is 2.74 bits per heavy atom. The second-order valence-corrected chi connectivity index (χ2v) is 5.37. The lowest BCUT2D eigenvalue weighted by Gasteiger charge is -2.00. The average Bonchev–Trinajstić information content (AvgIpc) is 2.71. The SMILES string of the molecule is Cc1cc(C)nc(Sc2nc3c(N)cccc3o2)c1. The number of rotatable bonds is 2. The molecule has 2 N–H and O–H groups in total. The molecule has 5 heteroatoms. The zero-order valence-electron chi connectivity index (χ0n) is 10.7. The number of pyridine rings is 1. The van der Waals surface area contributed by atoms with Gasteiger partial charge in [-0.15, -0.1) is 0 Å². The minimum atomic E-state index is 0.561. The van der Waals surface area contributed by atoms with E-state index in [1.54, 1.807) is 0 Å². The highest BCUT2D eigenvalue weighted by molar-refractivity contribution is 7.99. The number of para-hydroxylation sites is 1. The first-order valence-corrected chi connectivity index (χ1v) is 6.71. The Labute approximate surface area is 115 Å². The summed E-state index contributed by atoms with van der Waals surface area (Å²) in [5.74, 6) is 0. The van der Waals surface area contributed by atoms with Crippen molar-refractivity contribution in [3.05, 3.63) is 41.6 Å². The van der Waals surface area contributed by atoms with Crippen LogP contribution >= 0.6 is 11.8 Å². The molecule has 0 aliphatic carbocycles. The van der Waals surface area contributed by atoms with Gasteiger partial charge in [-0.1, -0.05) is 6.07 Å². The third kappa shape index (κ3) is 2.42. The van der Waals surface area contributed by atoms with Gasteiger partial charge in [-0.3, -0.25) is 0 Å². The molecule has 0 aliphatic heterocycles. The van der Waals surface area contributed by atoms with E-state index in [4.69, 9.17) is 10.2 Å². The van der Waals surface area contributed by atoms with Gasteiger partial charge >= 0.3 is 0 Å². The number of fused-ring (bicyclic) bond motifs is 1. The molecule has 96 valence electrons. The molecule has 0 amide bonds. The molecule has 19 heavy (non-hydrogen) atoms. The number of nitrogen functional groups attached to an aromatic ring is 1. The standard InChI is InChI=1S/C14H13N3OS/c1-8-6-9(2)16-12(7-8)19-14-17-13-10(15)4-3-5-11(13)18-14/h3-7H,15H2,1-2H3. The van der Waals surface area contributed by atoms with E-state index in [9.17, 15) is 0 Å². The maximum absolute atomic E-state index is 5.86. The molecule has 1 aromatic carbocycles. The second-order valence-electron chi connectivity index (χ2n) is 4.40. The van der Waals surface area contributed by atoms with Gasteiger partial charge in [0.05, 0.1) is 5.69 Å². The first-order valence-electron chi connectivity index (χ1n) is 5.90. The first kappa shape index (κ1) is 12.0. The monoisotopic (exact) mass is 271 g/mol. The van der Waals surface area contributed by atoms with Crippen molar-refractivity contribution in [2.24, 2.45) is 0 Å². The first-order chi connectivity index (χ1) is 9.11. The highest BCUT2D eigenvalue weighted by Crippen LogP contribution is 2.31. The van der Waals surface area contributed by atoms with Gasteiger partial charge in [0.15, 0.2) is 5.58 Å². The smallest absolute Gasteiger partial charge is 0.263 e. The van der Waals surface area contributed by atoms with Crippen LogP contribution in [0.3, 0.4) is 0 Å². The molecule has 0 fully saturated rings. The van der Waals surface area contributed by atoms with Gasteiger partial charge in [0.1, 0.15) is 10.5 Å². The Balaban J connectivity index is 1.99. The zero-order valence-corrected chi connectivity index (χ0v) is 11.5. The van der Waals surface area contributed by atoms with Crippen molar-refractivity contribution in [2.75, 3.05) is 5.73 Å². The van der Waals surface area contributed by atoms with Crippen molar-refractivity contribution in [2.45, 2.75) is 24.1 Å². The lowest BCUT2D eigenvalue weighted by atomic mass is 10.3. The fourth-order valence-electron chi connectivity index (χ4n) is 1.94. The van der Waals surface area contributed by atoms with Crippen LogP contribution in [0.1, 0.15) is 11.3 Å². The molecule has 3 rings (SSSR count). The highest BCUT2D eigenvalue weighted by Gasteiger charge is 2.10. The van der Waals surface area contributed by atoms with Crippen molar-refractivity contribution >= 4 is 28.5 Å². The summed E-state index contributed by atoms with van der Waals surface area (Å²) in [6.07, 6.45) is 0. The summed E-state index contributed by atoms with van der Waals surface area (Å²) in [5, 5.41) is 1.44. The lowest BCUT2D eigenvalue weighted by Crippen LogP contribution is -1.87. The van der Waals surface area contributed by atoms with E-state index < -0.39 is 0 Å². The van der Waals surface area contributed by atoms with E-state index in [0.29, 0.717) is 22.0 Å². The van der Waals surface area contributed by atoms with Crippen molar-refractivity contribution in [1.82, 2.24) is 9.97 Å². The summed E-state index contributed by atoms with van der Waals surface area (Å²) in [4.78, 5) is 8.85. The predicted molar refractivity (Wildman–Crippen MR) is 76.3 cm³/mol. The summed E-state index contributed by atoms with van der Waals surface area (Å²) in [7, 11) is 0. The van der Waals surface area contributed by atoms with Gasteiger partial charge in [-0.25, -0.2) is 9.97 Å². The highest BCUT2D eigenvalue weighted by atomic mass is 32.2. The molecule has 0 spiro atoms. The summed E-state index contributed by atoms with van der Waals surface area (Å²) in [5.41, 5.74) is 10.1. The number of benzene rings is 1. The minimum absolute atomic E-state index is 0.561. The average molecular weight is 271 g/mol. The third-order valence-electron chi connectivity index (χ3n) is 2.70. The molecule has 0 aliphatic rings. The Bertz CT molecular complexity index is 731. The molecule has 0 saturated carbocycles. The predicted octanol–water partition coefficient (Wildman–Crippen LogP) is 3.57. The molecular weight excluding hydrogens is 258 g/mol. The van der Waals surface area contributed by atoms with Gasteiger partial charge in [0, 0.05) is 5.69 Å². The molecule has 4 nitrogen and oxygen atoms in total. The molecule has 0 unspecified atom stereocenters. The van der Waals surface area contributed by atoms with Gasteiger partial charge in [0.25, 0.3) is 5.22 Å². The van der Waals surface area contributed by atoms with Gasteiger partial charge < -0.3 is 10.2 Å². The number of nitrogens with zero attached hydrogens (tertiary/aromatic N) is 2.